The molecular formula is C19H24N2O5S. The molecular weight excluding hydrogens is 368 g/mol. The monoisotopic (exact) mass is 392 g/mol. The number of aryl methyl sites for hydroxylation is 1. The summed E-state index contributed by atoms with van der Waals surface area (Å²) in [5.41, 5.74) is 0.465. The van der Waals surface area contributed by atoms with Gasteiger partial charge in [0, 0.05) is 6.42 Å². The van der Waals surface area contributed by atoms with E-state index >= 15 is 0 Å². The number of carbonyl (C=O) groups is 2. The molecule has 0 fully saturated rings. The second kappa shape index (κ2) is 9.91. The predicted octanol–water partition coefficient (Wildman–Crippen LogP) is 3.58. The molecule has 0 saturated carbocycles. The Balaban J connectivity index is 1.72. The van der Waals surface area contributed by atoms with Crippen LogP contribution in [0.4, 0.5) is 0 Å². The Kier molecular flexibility index (Phi) is 7.60. The maximum atomic E-state index is 12.1. The zero-order chi connectivity index (χ0) is 19.8. The van der Waals surface area contributed by atoms with Crippen molar-refractivity contribution < 1.29 is 24.2 Å². The van der Waals surface area contributed by atoms with Crippen LogP contribution < -0.4 is 14.8 Å². The molecule has 8 heteroatoms. The van der Waals surface area contributed by atoms with Gasteiger partial charge in [0.1, 0.15) is 21.4 Å². The highest BCUT2D eigenvalue weighted by molar-refractivity contribution is 7.13. The Bertz CT molecular complexity index is 773. The average molecular weight is 392 g/mol. The minimum absolute atomic E-state index is 0.123. The van der Waals surface area contributed by atoms with E-state index in [1.54, 1.807) is 13.8 Å². The van der Waals surface area contributed by atoms with Crippen molar-refractivity contribution in [2.24, 2.45) is 0 Å². The standard InChI is InChI=1S/C19H24N2O5S/c1-4-25-14-7-9-15(10-8-14)26-11-5-6-16(22)20-13(3)18-21-12(2)17(27-18)19(23)24/h7-10,13H,4-6,11H2,1-3H3,(H,20,22)(H,23,24). The van der Waals surface area contributed by atoms with Gasteiger partial charge in [-0.15, -0.1) is 11.3 Å². The van der Waals surface area contributed by atoms with Crippen molar-refractivity contribution in [2.75, 3.05) is 13.2 Å². The Morgan fingerprint density at radius 2 is 1.85 bits per heavy atom. The lowest BCUT2D eigenvalue weighted by Crippen LogP contribution is -2.26. The van der Waals surface area contributed by atoms with Gasteiger partial charge in [-0.05, 0) is 51.5 Å². The molecule has 1 amide bonds. The van der Waals surface area contributed by atoms with Gasteiger partial charge in [0.2, 0.25) is 5.91 Å². The Morgan fingerprint density at radius 1 is 1.22 bits per heavy atom. The van der Waals surface area contributed by atoms with Crippen molar-refractivity contribution in [3.05, 3.63) is 39.8 Å². The van der Waals surface area contributed by atoms with Crippen LogP contribution in [-0.2, 0) is 4.79 Å². The molecule has 0 aliphatic heterocycles. The number of carboxylic acids is 1. The highest BCUT2D eigenvalue weighted by Gasteiger charge is 2.19. The van der Waals surface area contributed by atoms with Crippen LogP contribution in [0.2, 0.25) is 0 Å². The SMILES string of the molecule is CCOc1ccc(OCCCC(=O)NC(C)c2nc(C)c(C(=O)O)s2)cc1. The summed E-state index contributed by atoms with van der Waals surface area (Å²) in [5, 5.41) is 12.5. The molecule has 0 radical (unpaired) electrons. The maximum absolute atomic E-state index is 12.1. The van der Waals surface area contributed by atoms with Crippen LogP contribution in [0.5, 0.6) is 11.5 Å². The van der Waals surface area contributed by atoms with E-state index in [0.717, 1.165) is 22.8 Å². The van der Waals surface area contributed by atoms with Crippen LogP contribution in [0.1, 0.15) is 53.1 Å². The molecule has 1 heterocycles. The van der Waals surface area contributed by atoms with E-state index in [0.29, 0.717) is 36.8 Å². The van der Waals surface area contributed by atoms with Gasteiger partial charge in [-0.25, -0.2) is 9.78 Å². The number of nitrogens with zero attached hydrogens (tertiary/aromatic N) is 1. The first kappa shape index (κ1) is 20.7. The Morgan fingerprint density at radius 3 is 2.41 bits per heavy atom. The number of aromatic nitrogens is 1. The topological polar surface area (TPSA) is 97.8 Å². The molecule has 2 rings (SSSR count). The first-order valence-electron chi connectivity index (χ1n) is 8.76. The van der Waals surface area contributed by atoms with Gasteiger partial charge >= 0.3 is 5.97 Å². The molecule has 1 aromatic carbocycles. The van der Waals surface area contributed by atoms with E-state index in [4.69, 9.17) is 14.6 Å². The number of hydrogen-bond donors (Lipinski definition) is 2. The number of carbonyl (C=O) groups excluding carboxylic acids is 1. The highest BCUT2D eigenvalue weighted by Crippen LogP contribution is 2.23. The second-order valence-electron chi connectivity index (χ2n) is 5.92. The van der Waals surface area contributed by atoms with Crippen LogP contribution in [0.3, 0.4) is 0 Å². The number of ether oxygens (including phenoxy) is 2. The number of benzene rings is 1. The zero-order valence-electron chi connectivity index (χ0n) is 15.7. The van der Waals surface area contributed by atoms with E-state index < -0.39 is 5.97 Å². The molecule has 2 N–H and O–H groups in total. The Hall–Kier alpha value is -2.61. The number of carboxylic acid groups (broad SMARTS) is 1. The first-order valence-corrected chi connectivity index (χ1v) is 9.58. The van der Waals surface area contributed by atoms with Gasteiger partial charge in [-0.3, -0.25) is 4.79 Å². The molecule has 2 aromatic rings. The van der Waals surface area contributed by atoms with Crippen molar-refractivity contribution in [3.63, 3.8) is 0 Å². The molecule has 7 nitrogen and oxygen atoms in total. The Labute approximate surface area is 162 Å². The third-order valence-electron chi connectivity index (χ3n) is 3.71. The largest absolute Gasteiger partial charge is 0.494 e. The van der Waals surface area contributed by atoms with E-state index in [1.807, 2.05) is 31.2 Å². The predicted molar refractivity (Wildman–Crippen MR) is 103 cm³/mol. The van der Waals surface area contributed by atoms with Gasteiger partial charge in [-0.2, -0.15) is 0 Å². The molecule has 27 heavy (non-hydrogen) atoms. The van der Waals surface area contributed by atoms with Gasteiger partial charge in [0.25, 0.3) is 0 Å². The number of rotatable bonds is 10. The summed E-state index contributed by atoms with van der Waals surface area (Å²) in [4.78, 5) is 27.6. The summed E-state index contributed by atoms with van der Waals surface area (Å²) < 4.78 is 11.0. The number of nitrogens with one attached hydrogen (secondary N) is 1. The molecule has 0 bridgehead atoms. The van der Waals surface area contributed by atoms with E-state index in [9.17, 15) is 9.59 Å². The summed E-state index contributed by atoms with van der Waals surface area (Å²) in [6, 6.07) is 7.01. The number of thiazole rings is 1. The lowest BCUT2D eigenvalue weighted by atomic mass is 10.2. The summed E-state index contributed by atoms with van der Waals surface area (Å²) >= 11 is 1.09. The molecule has 1 unspecified atom stereocenters. The quantitative estimate of drug-likeness (QED) is 0.600. The van der Waals surface area contributed by atoms with Gasteiger partial charge in [-0.1, -0.05) is 0 Å². The summed E-state index contributed by atoms with van der Waals surface area (Å²) in [6.45, 7) is 6.41. The average Bonchev–Trinajstić information content (AvgIpc) is 3.02. The molecule has 0 spiro atoms. The van der Waals surface area contributed by atoms with Crippen molar-refractivity contribution >= 4 is 23.2 Å². The van der Waals surface area contributed by atoms with E-state index in [2.05, 4.69) is 10.3 Å². The third kappa shape index (κ3) is 6.25. The van der Waals surface area contributed by atoms with Crippen LogP contribution in [0.25, 0.3) is 0 Å². The lowest BCUT2D eigenvalue weighted by molar-refractivity contribution is -0.121. The molecule has 146 valence electrons. The molecule has 0 aliphatic carbocycles. The van der Waals surface area contributed by atoms with Gasteiger partial charge in [0.15, 0.2) is 0 Å². The number of aromatic carboxylic acids is 1. The minimum Gasteiger partial charge on any atom is -0.494 e. The van der Waals surface area contributed by atoms with Crippen LogP contribution >= 0.6 is 11.3 Å². The molecule has 1 atom stereocenters. The second-order valence-corrected chi connectivity index (χ2v) is 6.95. The summed E-state index contributed by atoms with van der Waals surface area (Å²) in [7, 11) is 0. The molecule has 0 aliphatic rings. The minimum atomic E-state index is -0.999. The fourth-order valence-corrected chi connectivity index (χ4v) is 3.31. The van der Waals surface area contributed by atoms with Gasteiger partial charge < -0.3 is 19.9 Å². The normalized spacial score (nSPS) is 11.7. The molecule has 1 aromatic heterocycles. The fraction of sp³-hybridized carbons (Fsp3) is 0.421. The van der Waals surface area contributed by atoms with Crippen LogP contribution in [0.15, 0.2) is 24.3 Å². The zero-order valence-corrected chi connectivity index (χ0v) is 16.5. The van der Waals surface area contributed by atoms with Gasteiger partial charge in [0.05, 0.1) is 24.9 Å². The summed E-state index contributed by atoms with van der Waals surface area (Å²) in [5.74, 6) is 0.400. The van der Waals surface area contributed by atoms with Crippen molar-refractivity contribution in [1.29, 1.82) is 0 Å². The van der Waals surface area contributed by atoms with Crippen molar-refractivity contribution in [3.8, 4) is 11.5 Å². The van der Waals surface area contributed by atoms with Crippen LogP contribution in [-0.4, -0.2) is 35.2 Å². The van der Waals surface area contributed by atoms with Crippen LogP contribution in [0, 0.1) is 6.92 Å². The fourth-order valence-electron chi connectivity index (χ4n) is 2.40. The smallest absolute Gasteiger partial charge is 0.347 e. The number of hydrogen-bond acceptors (Lipinski definition) is 6. The number of amides is 1. The van der Waals surface area contributed by atoms with Crippen molar-refractivity contribution in [2.45, 2.75) is 39.7 Å². The lowest BCUT2D eigenvalue weighted by Gasteiger charge is -2.11. The van der Waals surface area contributed by atoms with E-state index in [1.165, 1.54) is 0 Å². The third-order valence-corrected chi connectivity index (χ3v) is 5.04. The molecule has 0 saturated heterocycles. The highest BCUT2D eigenvalue weighted by atomic mass is 32.1. The first-order chi connectivity index (χ1) is 12.9. The van der Waals surface area contributed by atoms with Crippen molar-refractivity contribution in [1.82, 2.24) is 10.3 Å². The van der Waals surface area contributed by atoms with E-state index in [-0.39, 0.29) is 16.8 Å². The maximum Gasteiger partial charge on any atom is 0.347 e. The summed E-state index contributed by atoms with van der Waals surface area (Å²) in [6.07, 6.45) is 0.889.